The fraction of sp³-hybridized carbons (Fsp3) is 1.00. The number of quaternary nitrogens is 2. The van der Waals surface area contributed by atoms with Crippen LogP contribution in [-0.4, -0.2) is 61.3 Å². The van der Waals surface area contributed by atoms with E-state index in [2.05, 4.69) is 55.4 Å². The van der Waals surface area contributed by atoms with Gasteiger partial charge in [0.1, 0.15) is 0 Å². The Labute approximate surface area is 445 Å². The summed E-state index contributed by atoms with van der Waals surface area (Å²) >= 11 is 0. The monoisotopic (exact) mass is 1380 g/mol. The van der Waals surface area contributed by atoms with Crippen LogP contribution in [0.3, 0.4) is 0 Å². The molecule has 0 unspecified atom stereocenters. The molecule has 0 aromatic rings. The van der Waals surface area contributed by atoms with E-state index < -0.39 is 0 Å². The summed E-state index contributed by atoms with van der Waals surface area (Å²) in [5.74, 6) is 0. The Bertz CT molecular complexity index is 346. The maximum absolute atomic E-state index is 2.33. The van der Waals surface area contributed by atoms with Crippen LogP contribution in [0.4, 0.5) is 0 Å². The molecule has 0 aromatic heterocycles. The Kier molecular flexibility index (Phi) is 460. The van der Waals surface area contributed by atoms with Crippen molar-refractivity contribution in [3.63, 3.8) is 0 Å². The second-order valence-corrected chi connectivity index (χ2v) is 11.3. The van der Waals surface area contributed by atoms with Crippen molar-refractivity contribution in [2.75, 3.05) is 52.4 Å². The van der Waals surface area contributed by atoms with E-state index in [9.17, 15) is 0 Å². The van der Waals surface area contributed by atoms with Gasteiger partial charge in [0.05, 0.1) is 52.4 Å². The Hall–Kier alpha value is 3.29. The van der Waals surface area contributed by atoms with Gasteiger partial charge in [-0.2, -0.15) is 0 Å². The molecule has 0 atom stereocenters. The number of nitrogens with zero attached hydrogens (tertiary/aromatic N) is 2. The van der Waals surface area contributed by atoms with E-state index in [0.29, 0.717) is 0 Å². The molecule has 59 heavy (non-hydrogen) atoms. The molecule has 0 aliphatic heterocycles. The van der Waals surface area contributed by atoms with Crippen LogP contribution in [0.5, 0.6) is 0 Å². The first kappa shape index (κ1) is 188. The van der Waals surface area contributed by atoms with Gasteiger partial charge >= 0.3 is 0 Å². The van der Waals surface area contributed by atoms with Crippen LogP contribution in [0.1, 0.15) is 158 Å². The number of hydrogen-bond acceptors (Lipinski definition) is 0. The van der Waals surface area contributed by atoms with Gasteiger partial charge < -0.3 is 113 Å². The van der Waals surface area contributed by atoms with Crippen LogP contribution in [0.25, 0.3) is 0 Å². The summed E-state index contributed by atoms with van der Waals surface area (Å²) in [5, 5.41) is 0. The summed E-state index contributed by atoms with van der Waals surface area (Å²) in [4.78, 5) is 0. The van der Waals surface area contributed by atoms with Crippen LogP contribution < -0.4 is 0 Å². The van der Waals surface area contributed by atoms with Gasteiger partial charge in [-0.1, -0.05) is 107 Å². The summed E-state index contributed by atoms with van der Waals surface area (Å²) in [7, 11) is 0. The molecule has 0 bridgehead atoms. The van der Waals surface area contributed by atoms with Gasteiger partial charge in [-0.15, -0.1) is 0 Å². The fourth-order valence-electron chi connectivity index (χ4n) is 5.29. The predicted molar refractivity (Wildman–Crippen MR) is 172 cm³/mol. The molecular weight excluding hydrogens is 1290 g/mol. The molecule has 0 aliphatic carbocycles. The van der Waals surface area contributed by atoms with Crippen molar-refractivity contribution in [2.45, 2.75) is 158 Å². The van der Waals surface area contributed by atoms with Gasteiger partial charge in [0, 0.05) is 126 Å². The molecule has 0 spiro atoms. The van der Waals surface area contributed by atoms with Gasteiger partial charge in [-0.25, -0.2) is 0 Å². The Balaban J connectivity index is -0.00000000975. The largest absolute Gasteiger partial charge is 2.00 e. The zero-order chi connectivity index (χ0) is 26.0. The fourth-order valence-corrected chi connectivity index (χ4v) is 5.29. The molecule has 396 valence electrons. The third-order valence-corrected chi connectivity index (χ3v) is 7.89. The van der Waals surface area contributed by atoms with Crippen LogP contribution in [0, 0.1) is 0 Å². The molecule has 0 saturated carbocycles. The van der Waals surface area contributed by atoms with Crippen molar-refractivity contribution in [3.8, 4) is 0 Å². The van der Waals surface area contributed by atoms with E-state index in [-0.39, 0.29) is 230 Å². The molecule has 0 saturated heterocycles. The van der Waals surface area contributed by atoms with Gasteiger partial charge in [-0.3, -0.25) is 0 Å². The van der Waals surface area contributed by atoms with E-state index in [1.807, 2.05) is 0 Å². The minimum absolute atomic E-state index is 0. The van der Waals surface area contributed by atoms with Gasteiger partial charge in [0.25, 0.3) is 0 Å². The van der Waals surface area contributed by atoms with Crippen molar-refractivity contribution >= 4 is 0 Å². The second-order valence-electron chi connectivity index (χ2n) is 11.3. The number of rotatable bonds is 24. The van der Waals surface area contributed by atoms with Crippen LogP contribution in [-0.2, 0) is 230 Å². The van der Waals surface area contributed by atoms with Crippen molar-refractivity contribution in [2.24, 2.45) is 0 Å². The minimum atomic E-state index is 0. The minimum Gasteiger partial charge on any atom is -2.00 e. The van der Waals surface area contributed by atoms with Gasteiger partial charge in [0.2, 0.25) is 0 Å². The molecule has 0 N–H and O–H groups in total. The molecule has 0 aliphatic rings. The van der Waals surface area contributed by atoms with Crippen LogP contribution in [0.15, 0.2) is 0 Å². The molecule has 0 amide bonds. The quantitative estimate of drug-likeness (QED) is 0.0661. The first-order valence-electron chi connectivity index (χ1n) is 16.2. The molecule has 0 aromatic carbocycles. The Morgan fingerprint density at radius 2 is 0.237 bits per heavy atom. The standard InChI is InChI=1S/2C16H36N.6Mo.19O/c2*1-5-9-13-17(14-10-6-2,15-11-7-3)16-12-8-4;;;;;;;;;;;;;;;;;;;;;;;;;/h2*5-16H2,1-4H3;;;;;;;;;;;;;;;;;;;;;;;;;/q2*+1;;;;;;;19*-2. The summed E-state index contributed by atoms with van der Waals surface area (Å²) in [6.07, 6.45) is 22.1. The average molecular weight is 1360 g/mol. The third-order valence-electron chi connectivity index (χ3n) is 7.89. The summed E-state index contributed by atoms with van der Waals surface area (Å²) in [5.41, 5.74) is 0. The SMILES string of the molecule is CCCC[N+](CCCC)(CCCC)CCCC.CCCC[N+](CCCC)(CCCC)CCCC.[Mo].[Mo].[Mo].[Mo].[Mo].[Mo].[O-2].[O-2].[O-2].[O-2].[O-2].[O-2].[O-2].[O-2].[O-2].[O-2].[O-2].[O-2].[O-2].[O-2].[O-2].[O-2].[O-2].[O-2].[O-2]. The average Bonchev–Trinajstić information content (AvgIpc) is 2.87. The van der Waals surface area contributed by atoms with E-state index in [4.69, 9.17) is 0 Å². The summed E-state index contributed by atoms with van der Waals surface area (Å²) in [6, 6.07) is 0. The van der Waals surface area contributed by atoms with Crippen LogP contribution in [0.2, 0.25) is 0 Å². The van der Waals surface area contributed by atoms with Crippen molar-refractivity contribution < 1.29 is 239 Å². The topological polar surface area (TPSA) is 542 Å². The Morgan fingerprint density at radius 3 is 0.288 bits per heavy atom. The first-order chi connectivity index (χ1) is 16.5. The van der Waals surface area contributed by atoms with E-state index in [0.717, 1.165) is 0 Å². The predicted octanol–water partition coefficient (Wildman–Crippen LogP) is 7.74. The molecule has 21 nitrogen and oxygen atoms in total. The van der Waals surface area contributed by atoms with E-state index in [1.54, 1.807) is 0 Å². The van der Waals surface area contributed by atoms with E-state index >= 15 is 0 Å². The number of unbranched alkanes of at least 4 members (excludes halogenated alkanes) is 8. The van der Waals surface area contributed by atoms with Crippen molar-refractivity contribution in [1.29, 1.82) is 0 Å². The van der Waals surface area contributed by atoms with Crippen LogP contribution >= 0.6 is 0 Å². The summed E-state index contributed by atoms with van der Waals surface area (Å²) in [6.45, 7) is 30.0. The second kappa shape index (κ2) is 144. The smallest absolute Gasteiger partial charge is 0.0786 e. The maximum Gasteiger partial charge on any atom is 0.0786 e. The zero-order valence-corrected chi connectivity index (χ0v) is 48.1. The molecule has 0 radical (unpaired) electrons. The van der Waals surface area contributed by atoms with Crippen molar-refractivity contribution in [3.05, 3.63) is 0 Å². The number of hydrogen-bond donors (Lipinski definition) is 0. The molecule has 27 heteroatoms. The van der Waals surface area contributed by atoms with Gasteiger partial charge in [0.15, 0.2) is 0 Å². The summed E-state index contributed by atoms with van der Waals surface area (Å²) < 4.78 is 2.84. The Morgan fingerprint density at radius 1 is 0.169 bits per heavy atom. The van der Waals surface area contributed by atoms with Crippen molar-refractivity contribution in [1.82, 2.24) is 0 Å². The molecular formula is C32H72Mo6N2O19-36. The molecule has 0 fully saturated rings. The zero-order valence-electron chi connectivity index (χ0n) is 36.1. The molecule has 0 rings (SSSR count). The van der Waals surface area contributed by atoms with Gasteiger partial charge in [-0.05, 0) is 51.4 Å². The molecule has 0 heterocycles. The van der Waals surface area contributed by atoms with E-state index in [1.165, 1.54) is 164 Å². The normalized spacial score (nSPS) is 6.92. The maximum atomic E-state index is 2.33. The first-order valence-corrected chi connectivity index (χ1v) is 16.2. The third kappa shape index (κ3) is 115.